The molecule has 3 nitrogen and oxygen atoms in total. The van der Waals surface area contributed by atoms with E-state index < -0.39 is 0 Å². The number of likely N-dealkylation sites (tertiary alicyclic amines) is 1. The number of ether oxygens (including phenoxy) is 1. The van der Waals surface area contributed by atoms with E-state index in [4.69, 9.17) is 4.74 Å². The molecule has 0 saturated carbocycles. The van der Waals surface area contributed by atoms with Crippen LogP contribution in [0.3, 0.4) is 0 Å². The third-order valence-electron chi connectivity index (χ3n) is 3.19. The molecule has 0 spiro atoms. The molecule has 1 unspecified atom stereocenters. The van der Waals surface area contributed by atoms with Crippen molar-refractivity contribution in [2.75, 3.05) is 32.8 Å². The van der Waals surface area contributed by atoms with E-state index in [9.17, 15) is 0 Å². The standard InChI is InChI=1S/C12H26N2O/c1-4-13-10-11(3)14-8-6-12(7-9-14)15-5-2/h11-13H,4-10H2,1-3H3. The van der Waals surface area contributed by atoms with Crippen LogP contribution >= 0.6 is 0 Å². The quantitative estimate of drug-likeness (QED) is 0.725. The van der Waals surface area contributed by atoms with E-state index in [2.05, 4.69) is 31.0 Å². The van der Waals surface area contributed by atoms with E-state index in [-0.39, 0.29) is 0 Å². The van der Waals surface area contributed by atoms with Crippen LogP contribution in [0.1, 0.15) is 33.6 Å². The van der Waals surface area contributed by atoms with Gasteiger partial charge in [-0.25, -0.2) is 0 Å². The SMILES string of the molecule is CCNCC(C)N1CCC(OCC)CC1. The van der Waals surface area contributed by atoms with Gasteiger partial charge in [-0.2, -0.15) is 0 Å². The Morgan fingerprint density at radius 2 is 2.00 bits per heavy atom. The predicted molar refractivity (Wildman–Crippen MR) is 64.2 cm³/mol. The molecule has 1 fully saturated rings. The maximum absolute atomic E-state index is 5.65. The second-order valence-corrected chi connectivity index (χ2v) is 4.35. The maximum atomic E-state index is 5.65. The molecule has 1 saturated heterocycles. The van der Waals surface area contributed by atoms with Crippen molar-refractivity contribution in [1.29, 1.82) is 0 Å². The lowest BCUT2D eigenvalue weighted by Gasteiger charge is -2.35. The first-order valence-electron chi connectivity index (χ1n) is 6.34. The highest BCUT2D eigenvalue weighted by Gasteiger charge is 2.22. The lowest BCUT2D eigenvalue weighted by Crippen LogP contribution is -2.46. The minimum Gasteiger partial charge on any atom is -0.378 e. The van der Waals surface area contributed by atoms with Crippen LogP contribution in [-0.4, -0.2) is 49.8 Å². The number of likely N-dealkylation sites (N-methyl/N-ethyl adjacent to an activating group) is 1. The molecule has 1 atom stereocenters. The highest BCUT2D eigenvalue weighted by Crippen LogP contribution is 2.15. The Labute approximate surface area is 94.2 Å². The summed E-state index contributed by atoms with van der Waals surface area (Å²) in [5, 5.41) is 3.41. The predicted octanol–water partition coefficient (Wildman–Crippen LogP) is 1.49. The molecule has 1 aliphatic heterocycles. The smallest absolute Gasteiger partial charge is 0.0599 e. The third kappa shape index (κ3) is 4.49. The molecule has 0 aromatic rings. The summed E-state index contributed by atoms with van der Waals surface area (Å²) in [4.78, 5) is 2.57. The van der Waals surface area contributed by atoms with E-state index in [1.54, 1.807) is 0 Å². The summed E-state index contributed by atoms with van der Waals surface area (Å²) in [5.41, 5.74) is 0. The number of nitrogens with zero attached hydrogens (tertiary/aromatic N) is 1. The van der Waals surface area contributed by atoms with Crippen molar-refractivity contribution in [3.05, 3.63) is 0 Å². The van der Waals surface area contributed by atoms with Gasteiger partial charge in [0.2, 0.25) is 0 Å². The van der Waals surface area contributed by atoms with Crippen LogP contribution in [0.2, 0.25) is 0 Å². The first kappa shape index (κ1) is 12.9. The van der Waals surface area contributed by atoms with Gasteiger partial charge in [0, 0.05) is 32.3 Å². The largest absolute Gasteiger partial charge is 0.378 e. The van der Waals surface area contributed by atoms with Crippen molar-refractivity contribution in [2.24, 2.45) is 0 Å². The van der Waals surface area contributed by atoms with Crippen LogP contribution in [0, 0.1) is 0 Å². The third-order valence-corrected chi connectivity index (χ3v) is 3.19. The number of rotatable bonds is 6. The number of hydrogen-bond donors (Lipinski definition) is 1. The average Bonchev–Trinajstić information content (AvgIpc) is 2.27. The highest BCUT2D eigenvalue weighted by atomic mass is 16.5. The first-order valence-corrected chi connectivity index (χ1v) is 6.34. The summed E-state index contributed by atoms with van der Waals surface area (Å²) >= 11 is 0. The van der Waals surface area contributed by atoms with E-state index in [1.807, 2.05) is 0 Å². The Bertz CT molecular complexity index is 156. The molecule has 90 valence electrons. The Morgan fingerprint density at radius 3 is 2.53 bits per heavy atom. The fourth-order valence-corrected chi connectivity index (χ4v) is 2.20. The monoisotopic (exact) mass is 214 g/mol. The molecule has 0 aromatic carbocycles. The van der Waals surface area contributed by atoms with Gasteiger partial charge in [-0.15, -0.1) is 0 Å². The van der Waals surface area contributed by atoms with Gasteiger partial charge in [-0.3, -0.25) is 4.90 Å². The van der Waals surface area contributed by atoms with Gasteiger partial charge in [0.05, 0.1) is 6.10 Å². The molecular formula is C12H26N2O. The zero-order valence-corrected chi connectivity index (χ0v) is 10.5. The molecule has 1 aliphatic rings. The lowest BCUT2D eigenvalue weighted by atomic mass is 10.1. The fourth-order valence-electron chi connectivity index (χ4n) is 2.20. The van der Waals surface area contributed by atoms with Crippen LogP contribution < -0.4 is 5.32 Å². The summed E-state index contributed by atoms with van der Waals surface area (Å²) in [6.45, 7) is 12.0. The van der Waals surface area contributed by atoms with Gasteiger partial charge in [0.25, 0.3) is 0 Å². The Balaban J connectivity index is 2.18. The summed E-state index contributed by atoms with van der Waals surface area (Å²) in [6.07, 6.45) is 2.91. The summed E-state index contributed by atoms with van der Waals surface area (Å²) in [5.74, 6) is 0. The normalized spacial score (nSPS) is 21.8. The molecule has 1 heterocycles. The van der Waals surface area contributed by atoms with Crippen LogP contribution in [0.25, 0.3) is 0 Å². The Kier molecular flexibility index (Phi) is 6.22. The van der Waals surface area contributed by atoms with Crippen molar-refractivity contribution in [3.63, 3.8) is 0 Å². The molecule has 0 aliphatic carbocycles. The van der Waals surface area contributed by atoms with Crippen molar-refractivity contribution in [3.8, 4) is 0 Å². The van der Waals surface area contributed by atoms with Gasteiger partial charge in [0.15, 0.2) is 0 Å². The van der Waals surface area contributed by atoms with Crippen molar-refractivity contribution in [2.45, 2.75) is 45.8 Å². The van der Waals surface area contributed by atoms with Crippen LogP contribution in [0.4, 0.5) is 0 Å². The Morgan fingerprint density at radius 1 is 1.33 bits per heavy atom. The number of nitrogens with one attached hydrogen (secondary N) is 1. The number of hydrogen-bond acceptors (Lipinski definition) is 3. The van der Waals surface area contributed by atoms with E-state index in [1.165, 1.54) is 25.9 Å². The zero-order valence-electron chi connectivity index (χ0n) is 10.5. The minimum atomic E-state index is 0.512. The molecular weight excluding hydrogens is 188 g/mol. The second-order valence-electron chi connectivity index (χ2n) is 4.35. The molecule has 0 bridgehead atoms. The summed E-state index contributed by atoms with van der Waals surface area (Å²) < 4.78 is 5.65. The highest BCUT2D eigenvalue weighted by molar-refractivity contribution is 4.77. The van der Waals surface area contributed by atoms with Gasteiger partial charge in [0.1, 0.15) is 0 Å². The van der Waals surface area contributed by atoms with Crippen LogP contribution in [-0.2, 0) is 4.74 Å². The van der Waals surface area contributed by atoms with Crippen molar-refractivity contribution >= 4 is 0 Å². The van der Waals surface area contributed by atoms with E-state index in [0.717, 1.165) is 19.7 Å². The maximum Gasteiger partial charge on any atom is 0.0599 e. The summed E-state index contributed by atoms with van der Waals surface area (Å²) in [7, 11) is 0. The molecule has 0 aromatic heterocycles. The fraction of sp³-hybridized carbons (Fsp3) is 1.00. The average molecular weight is 214 g/mol. The van der Waals surface area contributed by atoms with E-state index in [0.29, 0.717) is 12.1 Å². The van der Waals surface area contributed by atoms with Crippen LogP contribution in [0.5, 0.6) is 0 Å². The number of piperidine rings is 1. The first-order chi connectivity index (χ1) is 7.27. The molecule has 3 heteroatoms. The molecule has 1 N–H and O–H groups in total. The van der Waals surface area contributed by atoms with Crippen molar-refractivity contribution < 1.29 is 4.74 Å². The molecule has 15 heavy (non-hydrogen) atoms. The Hall–Kier alpha value is -0.120. The summed E-state index contributed by atoms with van der Waals surface area (Å²) in [6, 6.07) is 0.660. The van der Waals surface area contributed by atoms with Crippen molar-refractivity contribution in [1.82, 2.24) is 10.2 Å². The van der Waals surface area contributed by atoms with Gasteiger partial charge >= 0.3 is 0 Å². The molecule has 0 amide bonds. The topological polar surface area (TPSA) is 24.5 Å². The second kappa shape index (κ2) is 7.20. The molecule has 1 rings (SSSR count). The van der Waals surface area contributed by atoms with Crippen LogP contribution in [0.15, 0.2) is 0 Å². The molecule has 0 radical (unpaired) electrons. The lowest BCUT2D eigenvalue weighted by molar-refractivity contribution is 0.00597. The van der Waals surface area contributed by atoms with Gasteiger partial charge in [-0.05, 0) is 33.2 Å². The van der Waals surface area contributed by atoms with Gasteiger partial charge in [-0.1, -0.05) is 6.92 Å². The van der Waals surface area contributed by atoms with E-state index >= 15 is 0 Å². The zero-order chi connectivity index (χ0) is 11.1. The van der Waals surface area contributed by atoms with Gasteiger partial charge < -0.3 is 10.1 Å². The minimum absolute atomic E-state index is 0.512.